The van der Waals surface area contributed by atoms with Crippen molar-refractivity contribution in [3.63, 3.8) is 0 Å². The summed E-state index contributed by atoms with van der Waals surface area (Å²) in [5, 5.41) is 3.96. The van der Waals surface area contributed by atoms with E-state index in [1.807, 2.05) is 0 Å². The lowest BCUT2D eigenvalue weighted by molar-refractivity contribution is -0.145. The van der Waals surface area contributed by atoms with Gasteiger partial charge < -0.3 is 9.47 Å². The number of hydrogen-bond donors (Lipinski definition) is 0. The third-order valence-electron chi connectivity index (χ3n) is 1.77. The van der Waals surface area contributed by atoms with Crippen LogP contribution in [0.25, 0.3) is 10.4 Å². The van der Waals surface area contributed by atoms with Crippen molar-refractivity contribution in [2.45, 2.75) is 0 Å². The molecule has 0 aliphatic carbocycles. The van der Waals surface area contributed by atoms with Crippen molar-refractivity contribution in [2.24, 2.45) is 5.11 Å². The van der Waals surface area contributed by atoms with Gasteiger partial charge in [-0.15, -0.1) is 0 Å². The zero-order chi connectivity index (χ0) is 13.4. The van der Waals surface area contributed by atoms with Crippen LogP contribution in [0.3, 0.4) is 0 Å². The van der Waals surface area contributed by atoms with Crippen molar-refractivity contribution in [2.75, 3.05) is 19.8 Å². The minimum absolute atomic E-state index is 0.0215. The molecule has 0 aliphatic heterocycles. The van der Waals surface area contributed by atoms with E-state index in [4.69, 9.17) is 38.2 Å². The maximum Gasteiger partial charge on any atom is 0.344 e. The van der Waals surface area contributed by atoms with E-state index in [0.29, 0.717) is 15.8 Å². The first-order chi connectivity index (χ1) is 8.63. The van der Waals surface area contributed by atoms with Crippen molar-refractivity contribution >= 4 is 29.2 Å². The fraction of sp³-hybridized carbons (Fsp3) is 0.300. The van der Waals surface area contributed by atoms with Crippen LogP contribution in [0.1, 0.15) is 0 Å². The van der Waals surface area contributed by atoms with Gasteiger partial charge >= 0.3 is 5.97 Å². The first-order valence-electron chi connectivity index (χ1n) is 4.88. The van der Waals surface area contributed by atoms with Gasteiger partial charge in [0.2, 0.25) is 0 Å². The second kappa shape index (κ2) is 7.66. The summed E-state index contributed by atoms with van der Waals surface area (Å²) in [5.74, 6) is -0.148. The Morgan fingerprint density at radius 1 is 1.39 bits per heavy atom. The highest BCUT2D eigenvalue weighted by molar-refractivity contribution is 6.42. The van der Waals surface area contributed by atoms with Gasteiger partial charge in [0.1, 0.15) is 5.75 Å². The van der Waals surface area contributed by atoms with Gasteiger partial charge in [0.25, 0.3) is 0 Å². The van der Waals surface area contributed by atoms with Gasteiger partial charge in [-0.1, -0.05) is 28.3 Å². The van der Waals surface area contributed by atoms with Crippen LogP contribution in [0.4, 0.5) is 0 Å². The van der Waals surface area contributed by atoms with Crippen LogP contribution in [0.5, 0.6) is 5.75 Å². The van der Waals surface area contributed by atoms with Gasteiger partial charge in [-0.2, -0.15) is 0 Å². The zero-order valence-corrected chi connectivity index (χ0v) is 10.7. The molecule has 96 valence electrons. The first-order valence-corrected chi connectivity index (χ1v) is 5.63. The molecule has 8 heteroatoms. The highest BCUT2D eigenvalue weighted by Gasteiger charge is 2.05. The summed E-state index contributed by atoms with van der Waals surface area (Å²) in [5.41, 5.74) is 8.00. The van der Waals surface area contributed by atoms with Crippen molar-refractivity contribution in [1.82, 2.24) is 0 Å². The summed E-state index contributed by atoms with van der Waals surface area (Å²) in [6.07, 6.45) is 0. The normalized spacial score (nSPS) is 9.44. The van der Waals surface area contributed by atoms with E-state index in [2.05, 4.69) is 10.0 Å². The molecule has 0 saturated carbocycles. The summed E-state index contributed by atoms with van der Waals surface area (Å²) in [6.45, 7) is -0.142. The third kappa shape index (κ3) is 5.14. The molecule has 0 radical (unpaired) electrons. The molecular weight excluding hydrogens is 281 g/mol. The Hall–Kier alpha value is -1.62. The van der Waals surface area contributed by atoms with E-state index in [-0.39, 0.29) is 19.8 Å². The fourth-order valence-electron chi connectivity index (χ4n) is 0.996. The molecule has 0 saturated heterocycles. The van der Waals surface area contributed by atoms with Gasteiger partial charge in [-0.3, -0.25) is 0 Å². The number of rotatable bonds is 6. The van der Waals surface area contributed by atoms with Gasteiger partial charge in [0.05, 0.1) is 23.2 Å². The number of halogens is 2. The van der Waals surface area contributed by atoms with E-state index >= 15 is 0 Å². The second-order valence-corrected chi connectivity index (χ2v) is 3.85. The standard InChI is InChI=1S/C10H9Cl2N3O3/c11-8-2-1-7(5-9(8)12)18-6-10(16)17-4-3-14-15-13/h1-2,5H,3-4,6H2. The minimum atomic E-state index is -0.561. The fourth-order valence-corrected chi connectivity index (χ4v) is 1.28. The van der Waals surface area contributed by atoms with Crippen molar-refractivity contribution in [3.8, 4) is 5.75 Å². The average Bonchev–Trinajstić information content (AvgIpc) is 2.36. The molecule has 0 heterocycles. The summed E-state index contributed by atoms with van der Waals surface area (Å²) in [4.78, 5) is 13.7. The van der Waals surface area contributed by atoms with Crippen LogP contribution in [-0.4, -0.2) is 25.7 Å². The highest BCUT2D eigenvalue weighted by atomic mass is 35.5. The molecule has 0 aliphatic rings. The second-order valence-electron chi connectivity index (χ2n) is 3.04. The molecule has 0 unspecified atom stereocenters. The Morgan fingerprint density at radius 3 is 2.83 bits per heavy atom. The molecule has 1 aromatic carbocycles. The number of ether oxygens (including phenoxy) is 2. The molecule has 0 atom stereocenters. The van der Waals surface area contributed by atoms with Gasteiger partial charge in [0, 0.05) is 11.0 Å². The largest absolute Gasteiger partial charge is 0.482 e. The Kier molecular flexibility index (Phi) is 6.14. The van der Waals surface area contributed by atoms with Crippen LogP contribution in [0.2, 0.25) is 10.0 Å². The Bertz CT molecular complexity index is 475. The Morgan fingerprint density at radius 2 is 2.17 bits per heavy atom. The number of hydrogen-bond acceptors (Lipinski definition) is 4. The minimum Gasteiger partial charge on any atom is -0.482 e. The van der Waals surface area contributed by atoms with Crippen LogP contribution in [0, 0.1) is 0 Å². The van der Waals surface area contributed by atoms with Crippen LogP contribution < -0.4 is 4.74 Å². The predicted octanol–water partition coefficient (Wildman–Crippen LogP) is 3.23. The van der Waals surface area contributed by atoms with Gasteiger partial charge in [-0.25, -0.2) is 4.79 Å². The van der Waals surface area contributed by atoms with Crippen molar-refractivity contribution in [3.05, 3.63) is 38.7 Å². The van der Waals surface area contributed by atoms with E-state index in [1.165, 1.54) is 6.07 Å². The molecule has 0 amide bonds. The molecular formula is C10H9Cl2N3O3. The van der Waals surface area contributed by atoms with Gasteiger partial charge in [-0.05, 0) is 17.7 Å². The number of carbonyl (C=O) groups excluding carboxylic acids is 1. The van der Waals surface area contributed by atoms with E-state index in [1.54, 1.807) is 12.1 Å². The predicted molar refractivity (Wildman–Crippen MR) is 66.9 cm³/mol. The summed E-state index contributed by atoms with van der Waals surface area (Å²) < 4.78 is 9.87. The van der Waals surface area contributed by atoms with Crippen molar-refractivity contribution in [1.29, 1.82) is 0 Å². The zero-order valence-electron chi connectivity index (χ0n) is 9.18. The summed E-state index contributed by atoms with van der Waals surface area (Å²) >= 11 is 11.5. The quantitative estimate of drug-likeness (QED) is 0.265. The lowest BCUT2D eigenvalue weighted by Crippen LogP contribution is -2.16. The number of benzene rings is 1. The maximum atomic E-state index is 11.2. The molecule has 0 aromatic heterocycles. The van der Waals surface area contributed by atoms with E-state index < -0.39 is 5.97 Å². The average molecular weight is 290 g/mol. The Balaban J connectivity index is 2.33. The Labute approximate surface area is 113 Å². The first kappa shape index (κ1) is 14.4. The molecule has 6 nitrogen and oxygen atoms in total. The molecule has 1 rings (SSSR count). The molecule has 0 fully saturated rings. The molecule has 0 N–H and O–H groups in total. The molecule has 1 aromatic rings. The molecule has 0 spiro atoms. The van der Waals surface area contributed by atoms with Crippen LogP contribution in [0.15, 0.2) is 23.3 Å². The SMILES string of the molecule is [N-]=[N+]=NCCOC(=O)COc1ccc(Cl)c(Cl)c1. The lowest BCUT2D eigenvalue weighted by atomic mass is 10.3. The summed E-state index contributed by atoms with van der Waals surface area (Å²) in [7, 11) is 0. The molecule has 0 bridgehead atoms. The maximum absolute atomic E-state index is 11.2. The van der Waals surface area contributed by atoms with E-state index in [0.717, 1.165) is 0 Å². The lowest BCUT2D eigenvalue weighted by Gasteiger charge is -2.06. The third-order valence-corrected chi connectivity index (χ3v) is 2.50. The smallest absolute Gasteiger partial charge is 0.344 e. The highest BCUT2D eigenvalue weighted by Crippen LogP contribution is 2.26. The van der Waals surface area contributed by atoms with E-state index in [9.17, 15) is 4.79 Å². The van der Waals surface area contributed by atoms with Gasteiger partial charge in [0.15, 0.2) is 6.61 Å². The monoisotopic (exact) mass is 289 g/mol. The number of nitrogens with zero attached hydrogens (tertiary/aromatic N) is 3. The number of azide groups is 1. The summed E-state index contributed by atoms with van der Waals surface area (Å²) in [6, 6.07) is 4.64. The molecule has 18 heavy (non-hydrogen) atoms. The van der Waals surface area contributed by atoms with Crippen LogP contribution >= 0.6 is 23.2 Å². The van der Waals surface area contributed by atoms with Crippen LogP contribution in [-0.2, 0) is 9.53 Å². The van der Waals surface area contributed by atoms with Crippen molar-refractivity contribution < 1.29 is 14.3 Å². The number of esters is 1. The topological polar surface area (TPSA) is 84.3 Å². The number of carbonyl (C=O) groups is 1.